The first kappa shape index (κ1) is 18.7. The van der Waals surface area contributed by atoms with E-state index >= 15 is 0 Å². The van der Waals surface area contributed by atoms with E-state index < -0.39 is 43.9 Å². The molecule has 0 N–H and O–H groups in total. The molecule has 0 aliphatic rings. The van der Waals surface area contributed by atoms with Gasteiger partial charge < -0.3 is 4.74 Å². The maximum absolute atomic E-state index is 14.1. The Balaban J connectivity index is 2.60. The Labute approximate surface area is 140 Å². The van der Waals surface area contributed by atoms with Gasteiger partial charge in [0.15, 0.2) is 22.3 Å². The van der Waals surface area contributed by atoms with Crippen LogP contribution in [0.5, 0.6) is 5.75 Å². The van der Waals surface area contributed by atoms with Crippen molar-refractivity contribution in [1.82, 2.24) is 4.31 Å². The second kappa shape index (κ2) is 7.08. The van der Waals surface area contributed by atoms with Gasteiger partial charge in [0, 0.05) is 18.0 Å². The predicted molar refractivity (Wildman–Crippen MR) is 80.4 cm³/mol. The smallest absolute Gasteiger partial charge is 0.249 e. The Morgan fingerprint density at radius 2 is 1.71 bits per heavy atom. The number of ether oxygens (including phenoxy) is 1. The van der Waals surface area contributed by atoms with E-state index in [0.29, 0.717) is 4.88 Å². The van der Waals surface area contributed by atoms with E-state index in [1.165, 1.54) is 18.3 Å². The minimum Gasteiger partial charge on any atom is -0.491 e. The summed E-state index contributed by atoms with van der Waals surface area (Å²) in [6, 6.07) is 3.30. The van der Waals surface area contributed by atoms with Crippen LogP contribution >= 0.6 is 11.3 Å². The van der Waals surface area contributed by atoms with Crippen LogP contribution in [-0.4, -0.2) is 26.4 Å². The van der Waals surface area contributed by atoms with Gasteiger partial charge in [0.1, 0.15) is 0 Å². The van der Waals surface area contributed by atoms with E-state index in [1.807, 2.05) is 0 Å². The lowest BCUT2D eigenvalue weighted by atomic mass is 10.3. The molecule has 0 amide bonds. The summed E-state index contributed by atoms with van der Waals surface area (Å²) in [4.78, 5) is -1.06. The van der Waals surface area contributed by atoms with E-state index in [2.05, 4.69) is 4.74 Å². The van der Waals surface area contributed by atoms with Gasteiger partial charge in [0.25, 0.3) is 0 Å². The lowest BCUT2D eigenvalue weighted by molar-refractivity contribution is 0.319. The molecule has 0 aliphatic carbocycles. The number of benzene rings is 1. The summed E-state index contributed by atoms with van der Waals surface area (Å²) < 4.78 is 85.8. The van der Waals surface area contributed by atoms with Gasteiger partial charge in [-0.25, -0.2) is 17.2 Å². The number of sulfonamides is 1. The van der Waals surface area contributed by atoms with Gasteiger partial charge in [0.05, 0.1) is 7.11 Å². The molecule has 0 radical (unpaired) electrons. The van der Waals surface area contributed by atoms with Gasteiger partial charge in [-0.3, -0.25) is 0 Å². The highest BCUT2D eigenvalue weighted by molar-refractivity contribution is 7.89. The highest BCUT2D eigenvalue weighted by atomic mass is 32.2. The molecule has 2 aromatic rings. The molecular formula is C14H13F4NO3S2. The summed E-state index contributed by atoms with van der Waals surface area (Å²) in [7, 11) is -3.99. The van der Waals surface area contributed by atoms with Gasteiger partial charge >= 0.3 is 0 Å². The fourth-order valence-corrected chi connectivity index (χ4v) is 4.41. The summed E-state index contributed by atoms with van der Waals surface area (Å²) in [5, 5.41) is 1.70. The Bertz CT molecular complexity index is 809. The fourth-order valence-electron chi connectivity index (χ4n) is 2.07. The number of hydrogen-bond donors (Lipinski definition) is 0. The first-order chi connectivity index (χ1) is 11.3. The normalized spacial score (nSPS) is 12.0. The van der Waals surface area contributed by atoms with Crippen molar-refractivity contribution in [3.63, 3.8) is 0 Å². The molecule has 0 bridgehead atoms. The number of nitrogens with zero attached hydrogens (tertiary/aromatic N) is 1. The van der Waals surface area contributed by atoms with Crippen LogP contribution in [0.4, 0.5) is 17.6 Å². The van der Waals surface area contributed by atoms with Crippen LogP contribution in [-0.2, 0) is 16.6 Å². The number of rotatable bonds is 6. The zero-order valence-corrected chi connectivity index (χ0v) is 14.3. The van der Waals surface area contributed by atoms with Crippen LogP contribution in [0.2, 0.25) is 0 Å². The molecule has 10 heteroatoms. The Kier molecular flexibility index (Phi) is 5.51. The lowest BCUT2D eigenvalue weighted by Gasteiger charge is -2.21. The van der Waals surface area contributed by atoms with Crippen molar-refractivity contribution in [3.05, 3.63) is 45.7 Å². The van der Waals surface area contributed by atoms with Crippen molar-refractivity contribution in [3.8, 4) is 5.75 Å². The molecule has 0 aliphatic heterocycles. The molecule has 1 heterocycles. The largest absolute Gasteiger partial charge is 0.491 e. The van der Waals surface area contributed by atoms with Gasteiger partial charge in [-0.15, -0.1) is 11.3 Å². The summed E-state index contributed by atoms with van der Waals surface area (Å²) in [5.74, 6) is -9.15. The maximum Gasteiger partial charge on any atom is 0.249 e. The topological polar surface area (TPSA) is 46.6 Å². The van der Waals surface area contributed by atoms with Crippen LogP contribution < -0.4 is 4.74 Å². The van der Waals surface area contributed by atoms with E-state index in [1.54, 1.807) is 17.5 Å². The van der Waals surface area contributed by atoms with Crippen molar-refractivity contribution in [2.24, 2.45) is 0 Å². The second-order valence-corrected chi connectivity index (χ2v) is 7.54. The van der Waals surface area contributed by atoms with Crippen LogP contribution in [0.3, 0.4) is 0 Å². The highest BCUT2D eigenvalue weighted by Gasteiger charge is 2.36. The minimum atomic E-state index is -4.80. The van der Waals surface area contributed by atoms with Crippen molar-refractivity contribution in [2.75, 3.05) is 13.7 Å². The molecule has 0 saturated carbocycles. The average molecular weight is 383 g/mol. The van der Waals surface area contributed by atoms with E-state index in [4.69, 9.17) is 0 Å². The number of methoxy groups -OCH3 is 1. The van der Waals surface area contributed by atoms with Crippen LogP contribution in [0.15, 0.2) is 22.4 Å². The summed E-state index contributed by atoms with van der Waals surface area (Å²) in [6.07, 6.45) is 0. The van der Waals surface area contributed by atoms with Gasteiger partial charge in [-0.05, 0) is 11.4 Å². The molecule has 0 unspecified atom stereocenters. The molecule has 0 atom stereocenters. The molecule has 132 valence electrons. The Morgan fingerprint density at radius 1 is 1.12 bits per heavy atom. The Hall–Kier alpha value is -1.65. The van der Waals surface area contributed by atoms with Crippen molar-refractivity contribution >= 4 is 21.4 Å². The summed E-state index contributed by atoms with van der Waals surface area (Å²) in [5.41, 5.74) is 0. The minimum absolute atomic E-state index is 0.144. The van der Waals surface area contributed by atoms with E-state index in [-0.39, 0.29) is 13.1 Å². The van der Waals surface area contributed by atoms with Crippen molar-refractivity contribution < 1.29 is 30.7 Å². The zero-order valence-electron chi connectivity index (χ0n) is 12.6. The van der Waals surface area contributed by atoms with Gasteiger partial charge in [-0.1, -0.05) is 13.0 Å². The molecule has 1 aromatic carbocycles. The molecule has 24 heavy (non-hydrogen) atoms. The third-order valence-electron chi connectivity index (χ3n) is 3.25. The molecule has 1 aromatic heterocycles. The molecule has 0 spiro atoms. The molecule has 0 saturated heterocycles. The van der Waals surface area contributed by atoms with Crippen molar-refractivity contribution in [1.29, 1.82) is 0 Å². The second-order valence-electron chi connectivity index (χ2n) is 4.63. The quantitative estimate of drug-likeness (QED) is 0.566. The maximum atomic E-state index is 14.1. The monoisotopic (exact) mass is 383 g/mol. The number of hydrogen-bond acceptors (Lipinski definition) is 4. The van der Waals surface area contributed by atoms with Crippen molar-refractivity contribution in [2.45, 2.75) is 18.4 Å². The third kappa shape index (κ3) is 3.13. The predicted octanol–water partition coefficient (Wildman–Crippen LogP) is 3.52. The fraction of sp³-hybridized carbons (Fsp3) is 0.286. The van der Waals surface area contributed by atoms with Crippen LogP contribution in [0.1, 0.15) is 11.8 Å². The van der Waals surface area contributed by atoms with E-state index in [9.17, 15) is 26.0 Å². The zero-order chi connectivity index (χ0) is 18.1. The molecule has 0 fully saturated rings. The summed E-state index contributed by atoms with van der Waals surface area (Å²) >= 11 is 1.24. The lowest BCUT2D eigenvalue weighted by Crippen LogP contribution is -2.32. The van der Waals surface area contributed by atoms with Crippen LogP contribution in [0, 0.1) is 23.3 Å². The molecular weight excluding hydrogens is 370 g/mol. The first-order valence-corrected chi connectivity index (χ1v) is 9.00. The highest BCUT2D eigenvalue weighted by Crippen LogP contribution is 2.34. The SMILES string of the molecule is CCN(Cc1cccs1)S(=O)(=O)c1c(F)c(F)c(OC)c(F)c1F. The van der Waals surface area contributed by atoms with E-state index in [0.717, 1.165) is 11.4 Å². The van der Waals surface area contributed by atoms with Crippen LogP contribution in [0.25, 0.3) is 0 Å². The standard InChI is InChI=1S/C14H13F4NO3S2/c1-3-19(7-8-5-4-6-23-8)24(20,21)14-11(17)9(15)13(22-2)10(16)12(14)18/h4-6H,3,7H2,1-2H3. The number of halogens is 4. The Morgan fingerprint density at radius 3 is 2.12 bits per heavy atom. The molecule has 4 nitrogen and oxygen atoms in total. The number of thiophene rings is 1. The van der Waals surface area contributed by atoms with Gasteiger partial charge in [-0.2, -0.15) is 13.1 Å². The molecule has 2 rings (SSSR count). The first-order valence-electron chi connectivity index (χ1n) is 6.68. The summed E-state index contributed by atoms with van der Waals surface area (Å²) in [6.45, 7) is 1.12. The average Bonchev–Trinajstić information content (AvgIpc) is 3.04. The third-order valence-corrected chi connectivity index (χ3v) is 6.05. The van der Waals surface area contributed by atoms with Gasteiger partial charge in [0.2, 0.25) is 21.7 Å².